The van der Waals surface area contributed by atoms with Gasteiger partial charge in [-0.1, -0.05) is 13.8 Å². The van der Waals surface area contributed by atoms with Crippen molar-refractivity contribution in [2.45, 2.75) is 38.8 Å². The Morgan fingerprint density at radius 2 is 1.79 bits per heavy atom. The molecule has 6 nitrogen and oxygen atoms in total. The van der Waals surface area contributed by atoms with Crippen molar-refractivity contribution in [1.82, 2.24) is 0 Å². The summed E-state index contributed by atoms with van der Waals surface area (Å²) in [4.78, 5) is 4.60. The highest BCUT2D eigenvalue weighted by molar-refractivity contribution is 14.0. The fourth-order valence-electron chi connectivity index (χ4n) is 2.92. The van der Waals surface area contributed by atoms with E-state index in [1.807, 2.05) is 18.2 Å². The zero-order valence-corrected chi connectivity index (χ0v) is 17.5. The molecule has 0 spiro atoms. The first-order valence-electron chi connectivity index (χ1n) is 7.65. The summed E-state index contributed by atoms with van der Waals surface area (Å²) in [5.41, 5.74) is 6.63. The van der Waals surface area contributed by atoms with Crippen molar-refractivity contribution in [1.29, 1.82) is 0 Å². The van der Waals surface area contributed by atoms with Crippen LogP contribution < -0.4 is 20.5 Å². The van der Waals surface area contributed by atoms with Crippen molar-refractivity contribution in [2.75, 3.05) is 26.6 Å². The Morgan fingerprint density at radius 3 is 2.29 bits per heavy atom. The number of aliphatic imine (C=N–C) groups is 1. The molecule has 1 saturated carbocycles. The van der Waals surface area contributed by atoms with Gasteiger partial charge >= 0.3 is 0 Å². The second kappa shape index (κ2) is 7.77. The molecule has 0 bridgehead atoms. The highest BCUT2D eigenvalue weighted by atomic mass is 127. The minimum absolute atomic E-state index is 0. The molecular weight excluding hydrogens is 421 g/mol. The molecule has 2 unspecified atom stereocenters. The van der Waals surface area contributed by atoms with E-state index >= 15 is 0 Å². The summed E-state index contributed by atoms with van der Waals surface area (Å²) in [5, 5.41) is 3.10. The van der Waals surface area contributed by atoms with Gasteiger partial charge in [0, 0.05) is 24.3 Å². The first-order valence-corrected chi connectivity index (χ1v) is 7.65. The number of hydrogen-bond acceptors (Lipinski definition) is 4. The van der Waals surface area contributed by atoms with Crippen LogP contribution >= 0.6 is 24.0 Å². The maximum absolute atomic E-state index is 6.06. The monoisotopic (exact) mass is 449 g/mol. The number of benzene rings is 1. The van der Waals surface area contributed by atoms with E-state index in [4.69, 9.17) is 19.9 Å². The fourth-order valence-corrected chi connectivity index (χ4v) is 2.92. The molecule has 2 rings (SSSR count). The van der Waals surface area contributed by atoms with Gasteiger partial charge in [0.25, 0.3) is 0 Å². The summed E-state index contributed by atoms with van der Waals surface area (Å²) in [7, 11) is 4.95. The van der Waals surface area contributed by atoms with Crippen LogP contribution in [0.25, 0.3) is 0 Å². The Balaban J connectivity index is 0.00000288. The number of guanidine groups is 1. The molecule has 0 heterocycles. The Bertz CT molecular complexity index is 607. The number of hydrogen-bond donors (Lipinski definition) is 2. The number of nitrogens with one attached hydrogen (secondary N) is 1. The van der Waals surface area contributed by atoms with Gasteiger partial charge in [-0.3, -0.25) is 0 Å². The van der Waals surface area contributed by atoms with Gasteiger partial charge in [0.05, 0.1) is 25.9 Å². The van der Waals surface area contributed by atoms with Gasteiger partial charge in [0.2, 0.25) is 0 Å². The topological polar surface area (TPSA) is 78.1 Å². The van der Waals surface area contributed by atoms with Crippen molar-refractivity contribution < 1.29 is 14.2 Å². The summed E-state index contributed by atoms with van der Waals surface area (Å²) >= 11 is 0. The minimum Gasteiger partial charge on any atom is -0.493 e. The molecule has 2 atom stereocenters. The van der Waals surface area contributed by atoms with Crippen LogP contribution in [-0.4, -0.2) is 38.9 Å². The van der Waals surface area contributed by atoms with E-state index in [1.54, 1.807) is 21.3 Å². The molecule has 7 heteroatoms. The van der Waals surface area contributed by atoms with Gasteiger partial charge < -0.3 is 25.3 Å². The summed E-state index contributed by atoms with van der Waals surface area (Å²) in [6.45, 7) is 6.41. The van der Waals surface area contributed by atoms with Crippen molar-refractivity contribution >= 4 is 35.6 Å². The molecule has 24 heavy (non-hydrogen) atoms. The molecule has 1 aromatic rings. The molecule has 1 fully saturated rings. The largest absolute Gasteiger partial charge is 0.493 e. The number of nitrogens with zero attached hydrogens (tertiary/aromatic N) is 1. The van der Waals surface area contributed by atoms with Crippen molar-refractivity contribution in [3.8, 4) is 11.5 Å². The standard InChI is InChI=1S/C17H27N3O3.HI/c1-16(2)14(10-17(16,3)23-6)20-15(18)19-11-7-8-12(21-4)13(9-11)22-5;/h7-9,14H,10H2,1-6H3,(H3,18,19,20);1H. The van der Waals surface area contributed by atoms with Gasteiger partial charge in [-0.2, -0.15) is 0 Å². The zero-order chi connectivity index (χ0) is 17.3. The zero-order valence-electron chi connectivity index (χ0n) is 15.2. The van der Waals surface area contributed by atoms with E-state index in [1.165, 1.54) is 0 Å². The number of halogens is 1. The average Bonchev–Trinajstić information content (AvgIpc) is 2.53. The normalized spacial score (nSPS) is 25.2. The molecule has 1 aromatic carbocycles. The van der Waals surface area contributed by atoms with E-state index in [-0.39, 0.29) is 41.0 Å². The Hall–Kier alpha value is -1.22. The molecule has 0 amide bonds. The van der Waals surface area contributed by atoms with Crippen LogP contribution in [0.3, 0.4) is 0 Å². The van der Waals surface area contributed by atoms with Crippen LogP contribution in [-0.2, 0) is 4.74 Å². The van der Waals surface area contributed by atoms with Crippen LogP contribution in [0.1, 0.15) is 27.2 Å². The molecule has 0 aromatic heterocycles. The maximum Gasteiger partial charge on any atom is 0.193 e. The van der Waals surface area contributed by atoms with Crippen LogP contribution in [0, 0.1) is 5.41 Å². The average molecular weight is 449 g/mol. The molecule has 136 valence electrons. The lowest BCUT2D eigenvalue weighted by molar-refractivity contribution is -0.171. The molecule has 3 N–H and O–H groups in total. The van der Waals surface area contributed by atoms with Crippen molar-refractivity contribution in [3.05, 3.63) is 18.2 Å². The summed E-state index contributed by atoms with van der Waals surface area (Å²) in [5.74, 6) is 1.69. The van der Waals surface area contributed by atoms with Gasteiger partial charge in [0.1, 0.15) is 0 Å². The van der Waals surface area contributed by atoms with Crippen LogP contribution in [0.2, 0.25) is 0 Å². The highest BCUT2D eigenvalue weighted by Gasteiger charge is 2.58. The third kappa shape index (κ3) is 3.72. The van der Waals surface area contributed by atoms with Crippen LogP contribution in [0.5, 0.6) is 11.5 Å². The van der Waals surface area contributed by atoms with Crippen molar-refractivity contribution in [3.63, 3.8) is 0 Å². The minimum atomic E-state index is -0.162. The van der Waals surface area contributed by atoms with Crippen LogP contribution in [0.15, 0.2) is 23.2 Å². The third-order valence-electron chi connectivity index (χ3n) is 5.18. The quantitative estimate of drug-likeness (QED) is 0.410. The van der Waals surface area contributed by atoms with Gasteiger partial charge in [-0.15, -0.1) is 24.0 Å². The molecule has 1 aliphatic rings. The van der Waals surface area contributed by atoms with Crippen LogP contribution in [0.4, 0.5) is 5.69 Å². The smallest absolute Gasteiger partial charge is 0.193 e. The maximum atomic E-state index is 6.06. The summed E-state index contributed by atoms with van der Waals surface area (Å²) in [6, 6.07) is 5.64. The number of nitrogens with two attached hydrogens (primary N) is 1. The van der Waals surface area contributed by atoms with Crippen molar-refractivity contribution in [2.24, 2.45) is 16.1 Å². The second-order valence-electron chi connectivity index (χ2n) is 6.59. The number of anilines is 1. The molecule has 0 radical (unpaired) electrons. The Labute approximate surface area is 161 Å². The predicted octanol–water partition coefficient (Wildman–Crippen LogP) is 3.25. The van der Waals surface area contributed by atoms with E-state index < -0.39 is 0 Å². The first-order chi connectivity index (χ1) is 10.8. The second-order valence-corrected chi connectivity index (χ2v) is 6.59. The predicted molar refractivity (Wildman–Crippen MR) is 108 cm³/mol. The van der Waals surface area contributed by atoms with Gasteiger partial charge in [-0.05, 0) is 25.5 Å². The van der Waals surface area contributed by atoms with E-state index in [0.29, 0.717) is 17.5 Å². The lowest BCUT2D eigenvalue weighted by Gasteiger charge is -2.57. The Morgan fingerprint density at radius 1 is 1.17 bits per heavy atom. The molecule has 0 saturated heterocycles. The number of ether oxygens (including phenoxy) is 3. The number of rotatable bonds is 5. The molecular formula is C17H28IN3O3. The van der Waals surface area contributed by atoms with E-state index in [2.05, 4.69) is 31.1 Å². The van der Waals surface area contributed by atoms with Gasteiger partial charge in [0.15, 0.2) is 17.5 Å². The summed E-state index contributed by atoms with van der Waals surface area (Å²) in [6.07, 6.45) is 0.852. The Kier molecular flexibility index (Phi) is 6.75. The first kappa shape index (κ1) is 20.8. The highest BCUT2D eigenvalue weighted by Crippen LogP contribution is 2.53. The van der Waals surface area contributed by atoms with E-state index in [0.717, 1.165) is 12.1 Å². The lowest BCUT2D eigenvalue weighted by Crippen LogP contribution is -2.62. The molecule has 1 aliphatic carbocycles. The summed E-state index contributed by atoms with van der Waals surface area (Å²) < 4.78 is 16.1. The van der Waals surface area contributed by atoms with Gasteiger partial charge in [-0.25, -0.2) is 4.99 Å². The molecule has 0 aliphatic heterocycles. The fraction of sp³-hybridized carbons (Fsp3) is 0.588. The lowest BCUT2D eigenvalue weighted by atomic mass is 9.56. The number of methoxy groups -OCH3 is 3. The third-order valence-corrected chi connectivity index (χ3v) is 5.18. The SMILES string of the molecule is COc1ccc(NC(N)=NC2CC(C)(OC)C2(C)C)cc1OC.I. The van der Waals surface area contributed by atoms with E-state index in [9.17, 15) is 0 Å².